The molecular weight excluding hydrogens is 246 g/mol. The highest BCUT2D eigenvalue weighted by molar-refractivity contribution is 4.89. The van der Waals surface area contributed by atoms with Crippen molar-refractivity contribution in [3.8, 4) is 0 Å². The molecule has 1 saturated heterocycles. The minimum atomic E-state index is -1.53. The average Bonchev–Trinajstić information content (AvgIpc) is 2.32. The van der Waals surface area contributed by atoms with Gasteiger partial charge in [-0.15, -0.1) is 0 Å². The van der Waals surface area contributed by atoms with Crippen molar-refractivity contribution < 1.29 is 20.1 Å². The first-order valence-corrected chi connectivity index (χ1v) is 5.29. The van der Waals surface area contributed by atoms with Gasteiger partial charge in [0.25, 0.3) is 5.56 Å². The summed E-state index contributed by atoms with van der Waals surface area (Å²) < 4.78 is 5.91. The van der Waals surface area contributed by atoms with Crippen LogP contribution in [0.4, 0.5) is 0 Å². The fraction of sp³-hybridized carbons (Fsp3) is 0.667. The quantitative estimate of drug-likeness (QED) is 0.420. The summed E-state index contributed by atoms with van der Waals surface area (Å²) in [6.45, 7) is 1.48. The van der Waals surface area contributed by atoms with Crippen molar-refractivity contribution in [2.75, 3.05) is 0 Å². The number of nitrogens with one attached hydrogen (secondary N) is 1. The highest BCUT2D eigenvalue weighted by Gasteiger charge is 2.43. The number of aromatic amines is 1. The summed E-state index contributed by atoms with van der Waals surface area (Å²) in [6.07, 6.45) is -5.50. The van der Waals surface area contributed by atoms with Crippen molar-refractivity contribution >= 4 is 0 Å². The lowest BCUT2D eigenvalue weighted by atomic mass is 9.99. The van der Waals surface area contributed by atoms with Crippen molar-refractivity contribution in [3.05, 3.63) is 27.0 Å². The molecule has 18 heavy (non-hydrogen) atoms. The summed E-state index contributed by atoms with van der Waals surface area (Å²) >= 11 is 0. The molecule has 1 aromatic heterocycles. The summed E-state index contributed by atoms with van der Waals surface area (Å²) in [7, 11) is 0. The number of aliphatic hydroxyl groups is 3. The lowest BCUT2D eigenvalue weighted by Crippen LogP contribution is -2.56. The number of nitrogens with zero attached hydrogens (tertiary/aromatic N) is 2. The molecule has 1 aliphatic heterocycles. The zero-order valence-corrected chi connectivity index (χ0v) is 9.42. The lowest BCUT2D eigenvalue weighted by molar-refractivity contribution is -0.244. The van der Waals surface area contributed by atoms with Crippen LogP contribution in [0.15, 0.2) is 15.8 Å². The van der Waals surface area contributed by atoms with Gasteiger partial charge in [-0.2, -0.15) is 9.78 Å². The summed E-state index contributed by atoms with van der Waals surface area (Å²) in [5.41, 5.74) is -1.56. The number of hydrogen-bond donors (Lipinski definition) is 4. The Labute approximate surface area is 100 Å². The van der Waals surface area contributed by atoms with Crippen molar-refractivity contribution in [2.45, 2.75) is 37.6 Å². The van der Waals surface area contributed by atoms with Crippen molar-refractivity contribution in [1.29, 1.82) is 0 Å². The standard InChI is InChI=1S/C9H13N3O6/c1-3-5(14)6(15)7(16)8(18-3)12-9(17)11-4(13)2-10-12/h2-3,5-8,14-16H,1H3,(H,11,13,17)/t3-,5+,6+,7+,8-/m1/s1. The topological polar surface area (TPSA) is 138 Å². The molecule has 0 unspecified atom stereocenters. The zero-order chi connectivity index (χ0) is 13.4. The summed E-state index contributed by atoms with van der Waals surface area (Å²) in [6, 6.07) is 0. The molecule has 0 amide bonds. The van der Waals surface area contributed by atoms with Gasteiger partial charge in [0.15, 0.2) is 6.23 Å². The number of ether oxygens (including phenoxy) is 1. The van der Waals surface area contributed by atoms with Crippen LogP contribution in [0.3, 0.4) is 0 Å². The molecule has 2 heterocycles. The number of rotatable bonds is 1. The number of aliphatic hydroxyl groups excluding tert-OH is 3. The Balaban J connectivity index is 2.38. The van der Waals surface area contributed by atoms with Crippen molar-refractivity contribution in [1.82, 2.24) is 14.8 Å². The Morgan fingerprint density at radius 1 is 1.28 bits per heavy atom. The summed E-state index contributed by atoms with van der Waals surface area (Å²) in [4.78, 5) is 24.3. The molecule has 100 valence electrons. The predicted molar refractivity (Wildman–Crippen MR) is 56.7 cm³/mol. The van der Waals surface area contributed by atoms with Gasteiger partial charge < -0.3 is 20.1 Å². The van der Waals surface area contributed by atoms with Gasteiger partial charge in [-0.1, -0.05) is 0 Å². The SMILES string of the molecule is C[C@H]1O[C@@H](n2ncc(=O)[nH]c2=O)[C@@H](O)[C@@H](O)[C@H]1O. The number of H-pyrrole nitrogens is 1. The number of hydrogen-bond acceptors (Lipinski definition) is 7. The molecule has 9 heteroatoms. The van der Waals surface area contributed by atoms with E-state index in [1.54, 1.807) is 0 Å². The molecule has 4 N–H and O–H groups in total. The van der Waals surface area contributed by atoms with E-state index in [0.717, 1.165) is 6.20 Å². The zero-order valence-electron chi connectivity index (χ0n) is 9.42. The van der Waals surface area contributed by atoms with Crippen LogP contribution >= 0.6 is 0 Å². The average molecular weight is 259 g/mol. The Morgan fingerprint density at radius 3 is 2.56 bits per heavy atom. The molecule has 2 rings (SSSR count). The van der Waals surface area contributed by atoms with E-state index in [-0.39, 0.29) is 0 Å². The second-order valence-electron chi connectivity index (χ2n) is 4.09. The molecular formula is C9H13N3O6. The van der Waals surface area contributed by atoms with Crippen LogP contribution in [-0.2, 0) is 4.74 Å². The van der Waals surface area contributed by atoms with E-state index in [1.807, 2.05) is 4.98 Å². The Morgan fingerprint density at radius 2 is 1.94 bits per heavy atom. The third-order valence-electron chi connectivity index (χ3n) is 2.81. The van der Waals surface area contributed by atoms with E-state index in [1.165, 1.54) is 6.92 Å². The first kappa shape index (κ1) is 12.9. The highest BCUT2D eigenvalue weighted by atomic mass is 16.5. The van der Waals surface area contributed by atoms with Crippen LogP contribution < -0.4 is 11.2 Å². The van der Waals surface area contributed by atoms with E-state index in [4.69, 9.17) is 4.74 Å². The number of aromatic nitrogens is 3. The van der Waals surface area contributed by atoms with Crippen LogP contribution in [0.1, 0.15) is 13.2 Å². The molecule has 1 aromatic rings. The Bertz CT molecular complexity index is 540. The van der Waals surface area contributed by atoms with E-state index in [0.29, 0.717) is 4.68 Å². The summed E-state index contributed by atoms with van der Waals surface area (Å²) in [5.74, 6) is 0. The van der Waals surface area contributed by atoms with Crippen LogP contribution in [0, 0.1) is 0 Å². The van der Waals surface area contributed by atoms with Gasteiger partial charge in [0, 0.05) is 0 Å². The van der Waals surface area contributed by atoms with E-state index in [9.17, 15) is 24.9 Å². The van der Waals surface area contributed by atoms with E-state index in [2.05, 4.69) is 5.10 Å². The molecule has 9 nitrogen and oxygen atoms in total. The van der Waals surface area contributed by atoms with Crippen LogP contribution in [0.2, 0.25) is 0 Å². The summed E-state index contributed by atoms with van der Waals surface area (Å²) in [5, 5.41) is 32.4. The minimum Gasteiger partial charge on any atom is -0.388 e. The van der Waals surface area contributed by atoms with Gasteiger partial charge in [-0.3, -0.25) is 9.78 Å². The maximum atomic E-state index is 11.5. The maximum absolute atomic E-state index is 11.5. The van der Waals surface area contributed by atoms with Crippen LogP contribution in [0.25, 0.3) is 0 Å². The largest absolute Gasteiger partial charge is 0.388 e. The van der Waals surface area contributed by atoms with Gasteiger partial charge in [-0.25, -0.2) is 4.79 Å². The first-order chi connectivity index (χ1) is 8.41. The van der Waals surface area contributed by atoms with Gasteiger partial charge >= 0.3 is 5.69 Å². The molecule has 0 aliphatic carbocycles. The fourth-order valence-corrected chi connectivity index (χ4v) is 1.77. The smallest absolute Gasteiger partial charge is 0.347 e. The molecule has 0 spiro atoms. The second-order valence-corrected chi connectivity index (χ2v) is 4.09. The Hall–Kier alpha value is -1.55. The second kappa shape index (κ2) is 4.61. The van der Waals surface area contributed by atoms with E-state index < -0.39 is 41.9 Å². The van der Waals surface area contributed by atoms with Gasteiger partial charge in [0.2, 0.25) is 0 Å². The fourth-order valence-electron chi connectivity index (χ4n) is 1.77. The van der Waals surface area contributed by atoms with Crippen LogP contribution in [-0.4, -0.2) is 54.5 Å². The van der Waals surface area contributed by atoms with Gasteiger partial charge in [-0.05, 0) is 6.92 Å². The highest BCUT2D eigenvalue weighted by Crippen LogP contribution is 2.26. The minimum absolute atomic E-state index is 0.685. The van der Waals surface area contributed by atoms with Crippen molar-refractivity contribution in [3.63, 3.8) is 0 Å². The predicted octanol–water partition coefficient (Wildman–Crippen LogP) is -3.07. The normalized spacial score (nSPS) is 36.6. The molecule has 1 fully saturated rings. The van der Waals surface area contributed by atoms with Gasteiger partial charge in [0.05, 0.1) is 6.10 Å². The molecule has 0 radical (unpaired) electrons. The molecule has 0 bridgehead atoms. The molecule has 0 saturated carbocycles. The molecule has 5 atom stereocenters. The molecule has 0 aromatic carbocycles. The van der Waals surface area contributed by atoms with Crippen molar-refractivity contribution in [2.24, 2.45) is 0 Å². The van der Waals surface area contributed by atoms with Crippen LogP contribution in [0.5, 0.6) is 0 Å². The first-order valence-electron chi connectivity index (χ1n) is 5.29. The lowest BCUT2D eigenvalue weighted by Gasteiger charge is -2.38. The van der Waals surface area contributed by atoms with E-state index >= 15 is 0 Å². The third-order valence-corrected chi connectivity index (χ3v) is 2.81. The van der Waals surface area contributed by atoms with Gasteiger partial charge in [0.1, 0.15) is 24.5 Å². The Kier molecular flexibility index (Phi) is 3.30. The monoisotopic (exact) mass is 259 g/mol. The molecule has 1 aliphatic rings. The maximum Gasteiger partial charge on any atom is 0.347 e. The third kappa shape index (κ3) is 2.08.